The van der Waals surface area contributed by atoms with Gasteiger partial charge in [-0.1, -0.05) is 29.4 Å². The molecule has 26 heavy (non-hydrogen) atoms. The minimum absolute atomic E-state index is 0.0326. The highest BCUT2D eigenvalue weighted by atomic mass is 16.5. The number of aromatic nitrogens is 2. The summed E-state index contributed by atoms with van der Waals surface area (Å²) in [6, 6.07) is 9.40. The number of rotatable bonds is 6. The Morgan fingerprint density at radius 1 is 1.12 bits per heavy atom. The predicted molar refractivity (Wildman–Crippen MR) is 98.0 cm³/mol. The van der Waals surface area contributed by atoms with E-state index in [0.717, 1.165) is 25.4 Å². The minimum atomic E-state index is -0.0326. The van der Waals surface area contributed by atoms with Crippen LogP contribution in [0.1, 0.15) is 72.9 Å². The van der Waals surface area contributed by atoms with E-state index in [1.807, 2.05) is 0 Å². The smallest absolute Gasteiger partial charge is 0.256 e. The van der Waals surface area contributed by atoms with Crippen molar-refractivity contribution in [3.63, 3.8) is 0 Å². The number of aryl methyl sites for hydroxylation is 1. The lowest BCUT2D eigenvalue weighted by molar-refractivity contribution is 0.0607. The van der Waals surface area contributed by atoms with Gasteiger partial charge < -0.3 is 14.6 Å². The first-order chi connectivity index (χ1) is 12.8. The van der Waals surface area contributed by atoms with Gasteiger partial charge in [0.2, 0.25) is 0 Å². The van der Waals surface area contributed by atoms with Gasteiger partial charge >= 0.3 is 0 Å². The summed E-state index contributed by atoms with van der Waals surface area (Å²) in [5, 5.41) is 7.90. The Labute approximate surface area is 154 Å². The van der Waals surface area contributed by atoms with Gasteiger partial charge in [0.05, 0.1) is 0 Å². The van der Waals surface area contributed by atoms with Crippen LogP contribution in [0.25, 0.3) is 0 Å². The van der Waals surface area contributed by atoms with Gasteiger partial charge in [0.1, 0.15) is 6.10 Å². The van der Waals surface area contributed by atoms with Crippen molar-refractivity contribution in [2.75, 3.05) is 13.2 Å². The first-order valence-electron chi connectivity index (χ1n) is 10.0. The Bertz CT molecular complexity index is 764. The van der Waals surface area contributed by atoms with Crippen molar-refractivity contribution in [1.82, 2.24) is 15.5 Å². The van der Waals surface area contributed by atoms with E-state index in [1.165, 1.54) is 36.8 Å². The molecule has 3 aliphatic rings. The predicted octanol–water partition coefficient (Wildman–Crippen LogP) is 3.87. The molecule has 2 heterocycles. The summed E-state index contributed by atoms with van der Waals surface area (Å²) in [6.07, 6.45) is 5.88. The van der Waals surface area contributed by atoms with E-state index in [4.69, 9.17) is 9.26 Å². The van der Waals surface area contributed by atoms with E-state index in [0.29, 0.717) is 29.7 Å². The molecule has 0 radical (unpaired) electrons. The van der Waals surface area contributed by atoms with Crippen LogP contribution < -0.4 is 5.32 Å². The van der Waals surface area contributed by atoms with Crippen LogP contribution in [0.2, 0.25) is 0 Å². The largest absolute Gasteiger partial charge is 0.368 e. The lowest BCUT2D eigenvalue weighted by Crippen LogP contribution is -2.42. The highest BCUT2D eigenvalue weighted by molar-refractivity contribution is 5.31. The molecule has 1 saturated heterocycles. The van der Waals surface area contributed by atoms with E-state index < -0.39 is 0 Å². The average Bonchev–Trinajstić information content (AvgIpc) is 3.16. The van der Waals surface area contributed by atoms with Gasteiger partial charge in [0.25, 0.3) is 5.89 Å². The lowest BCUT2D eigenvalue weighted by Gasteiger charge is -2.38. The summed E-state index contributed by atoms with van der Waals surface area (Å²) in [6.45, 7) is 3.97. The first-order valence-corrected chi connectivity index (χ1v) is 10.0. The highest BCUT2D eigenvalue weighted by Gasteiger charge is 2.38. The molecule has 2 aromatic rings. The fourth-order valence-corrected chi connectivity index (χ4v) is 4.39. The van der Waals surface area contributed by atoms with Crippen LogP contribution in [0.5, 0.6) is 0 Å². The number of nitrogens with zero attached hydrogens (tertiary/aromatic N) is 2. The van der Waals surface area contributed by atoms with Crippen molar-refractivity contribution >= 4 is 0 Å². The average molecular weight is 353 g/mol. The molecular formula is C21H27N3O2. The van der Waals surface area contributed by atoms with E-state index in [9.17, 15) is 0 Å². The summed E-state index contributed by atoms with van der Waals surface area (Å²) < 4.78 is 11.4. The van der Waals surface area contributed by atoms with E-state index >= 15 is 0 Å². The fraction of sp³-hybridized carbons (Fsp3) is 0.619. The molecule has 1 aliphatic heterocycles. The van der Waals surface area contributed by atoms with Gasteiger partial charge in [-0.2, -0.15) is 4.98 Å². The number of hydrogen-bond donors (Lipinski definition) is 1. The number of benzene rings is 1. The highest BCUT2D eigenvalue weighted by Crippen LogP contribution is 2.41. The molecule has 0 bridgehead atoms. The maximum atomic E-state index is 5.92. The molecule has 0 unspecified atom stereocenters. The van der Waals surface area contributed by atoms with Gasteiger partial charge in [0, 0.05) is 31.0 Å². The molecule has 3 fully saturated rings. The molecule has 2 saturated carbocycles. The monoisotopic (exact) mass is 353 g/mol. The van der Waals surface area contributed by atoms with Crippen molar-refractivity contribution in [2.45, 2.75) is 63.0 Å². The summed E-state index contributed by atoms with van der Waals surface area (Å²) in [5.41, 5.74) is 2.94. The quantitative estimate of drug-likeness (QED) is 0.854. The molecule has 2 atom stereocenters. The van der Waals surface area contributed by atoms with Gasteiger partial charge in [0.15, 0.2) is 5.82 Å². The molecule has 2 aliphatic carbocycles. The molecule has 5 heteroatoms. The van der Waals surface area contributed by atoms with Crippen molar-refractivity contribution in [3.05, 3.63) is 47.1 Å². The maximum Gasteiger partial charge on any atom is 0.256 e. The minimum Gasteiger partial charge on any atom is -0.368 e. The second kappa shape index (κ2) is 6.78. The summed E-state index contributed by atoms with van der Waals surface area (Å²) in [5.74, 6) is 3.23. The van der Waals surface area contributed by atoms with Crippen molar-refractivity contribution in [2.24, 2.45) is 5.92 Å². The van der Waals surface area contributed by atoms with E-state index in [2.05, 4.69) is 46.6 Å². The van der Waals surface area contributed by atoms with E-state index in [-0.39, 0.29) is 6.10 Å². The Kier molecular flexibility index (Phi) is 4.29. The Hall–Kier alpha value is -1.72. The van der Waals surface area contributed by atoms with Crippen molar-refractivity contribution in [3.8, 4) is 0 Å². The second-order valence-electron chi connectivity index (χ2n) is 8.24. The molecular weight excluding hydrogens is 326 g/mol. The summed E-state index contributed by atoms with van der Waals surface area (Å²) in [7, 11) is 0. The van der Waals surface area contributed by atoms with Gasteiger partial charge in [-0.25, -0.2) is 0 Å². The molecule has 0 spiro atoms. The van der Waals surface area contributed by atoms with Crippen LogP contribution in [-0.2, 0) is 4.74 Å². The lowest BCUT2D eigenvalue weighted by atomic mass is 9.74. The third-order valence-corrected chi connectivity index (χ3v) is 6.29. The van der Waals surface area contributed by atoms with Gasteiger partial charge in [-0.05, 0) is 56.1 Å². The number of nitrogens with one attached hydrogen (secondary N) is 1. The number of ether oxygens (including phenoxy) is 1. The Balaban J connectivity index is 1.14. The third-order valence-electron chi connectivity index (χ3n) is 6.29. The van der Waals surface area contributed by atoms with Crippen LogP contribution in [0.15, 0.2) is 28.8 Å². The zero-order valence-electron chi connectivity index (χ0n) is 15.4. The topological polar surface area (TPSA) is 60.2 Å². The van der Waals surface area contributed by atoms with Crippen LogP contribution in [0.3, 0.4) is 0 Å². The van der Waals surface area contributed by atoms with Crippen LogP contribution >= 0.6 is 0 Å². The maximum absolute atomic E-state index is 5.92. The van der Waals surface area contributed by atoms with Gasteiger partial charge in [-0.3, -0.25) is 0 Å². The fourth-order valence-electron chi connectivity index (χ4n) is 4.39. The van der Waals surface area contributed by atoms with Crippen molar-refractivity contribution in [1.29, 1.82) is 0 Å². The normalized spacial score (nSPS) is 31.1. The summed E-state index contributed by atoms with van der Waals surface area (Å²) in [4.78, 5) is 4.60. The molecule has 138 valence electrons. The second-order valence-corrected chi connectivity index (χ2v) is 8.24. The number of hydrogen-bond acceptors (Lipinski definition) is 5. The van der Waals surface area contributed by atoms with Crippen LogP contribution in [-0.4, -0.2) is 29.3 Å². The molecule has 1 aromatic carbocycles. The Morgan fingerprint density at radius 3 is 2.77 bits per heavy atom. The first kappa shape index (κ1) is 16.5. The van der Waals surface area contributed by atoms with Crippen LogP contribution in [0, 0.1) is 12.8 Å². The molecule has 5 rings (SSSR count). The molecule has 0 amide bonds. The Morgan fingerprint density at radius 2 is 1.96 bits per heavy atom. The molecule has 1 aromatic heterocycles. The molecule has 5 nitrogen and oxygen atoms in total. The zero-order chi connectivity index (χ0) is 17.5. The standard InChI is InChI=1S/C21H27N3O2/c1-13-4-2-3-5-18(13)16-10-17(11-16)22-12-15-8-9-25-19(15)21-23-20(24-26-21)14-6-7-14/h2-5,14-17,19,22H,6-12H2,1H3/t15-,16?,17?,19-/m0/s1. The van der Waals surface area contributed by atoms with Crippen LogP contribution in [0.4, 0.5) is 0 Å². The zero-order valence-corrected chi connectivity index (χ0v) is 15.4. The molecule has 1 N–H and O–H groups in total. The van der Waals surface area contributed by atoms with E-state index in [1.54, 1.807) is 0 Å². The van der Waals surface area contributed by atoms with Gasteiger partial charge in [-0.15, -0.1) is 0 Å². The van der Waals surface area contributed by atoms with Crippen molar-refractivity contribution < 1.29 is 9.26 Å². The summed E-state index contributed by atoms with van der Waals surface area (Å²) >= 11 is 0. The third kappa shape index (κ3) is 3.19. The SMILES string of the molecule is Cc1ccccc1C1CC(NC[C@@H]2CCO[C@@H]2c2nc(C3CC3)no2)C1.